The minimum Gasteiger partial charge on any atom is -0.461 e. The molecule has 9 nitrogen and oxygen atoms in total. The topological polar surface area (TPSA) is 107 Å². The highest BCUT2D eigenvalue weighted by atomic mass is 28.4. The van der Waals surface area contributed by atoms with Crippen LogP contribution in [-0.2, 0) is 37.8 Å². The number of carbonyl (C=O) groups is 3. The van der Waals surface area contributed by atoms with Crippen LogP contribution in [0.4, 0.5) is 0 Å². The van der Waals surface area contributed by atoms with Gasteiger partial charge in [-0.2, -0.15) is 0 Å². The normalized spacial score (nSPS) is 24.9. The third-order valence-corrected chi connectivity index (χ3v) is 10.7. The minimum absolute atomic E-state index is 0.0623. The van der Waals surface area contributed by atoms with Crippen molar-refractivity contribution in [1.82, 2.24) is 0 Å². The first-order chi connectivity index (χ1) is 16.1. The fourth-order valence-corrected chi connectivity index (χ4v) is 4.36. The second-order valence-electron chi connectivity index (χ2n) is 10.3. The fraction of sp³-hybridized carbons (Fsp3) is 0.640. The van der Waals surface area contributed by atoms with Gasteiger partial charge in [0.1, 0.15) is 11.9 Å². The Balaban J connectivity index is 2.46. The molecule has 35 heavy (non-hydrogen) atoms. The van der Waals surface area contributed by atoms with Gasteiger partial charge in [-0.25, -0.2) is 0 Å². The molecule has 2 rings (SSSR count). The van der Waals surface area contributed by atoms with E-state index in [1.165, 1.54) is 20.8 Å². The average Bonchev–Trinajstić information content (AvgIpc) is 2.71. The molecule has 1 aliphatic rings. The molecule has 0 spiro atoms. The largest absolute Gasteiger partial charge is 0.461 e. The second kappa shape index (κ2) is 11.5. The van der Waals surface area contributed by atoms with E-state index in [2.05, 4.69) is 33.9 Å². The molecule has 0 aliphatic carbocycles. The van der Waals surface area contributed by atoms with Crippen molar-refractivity contribution in [3.63, 3.8) is 0 Å². The molecular formula is C25H38O9Si. The molecule has 0 saturated carbocycles. The number of carbonyl (C=O) groups excluding carboxylic acids is 3. The van der Waals surface area contributed by atoms with Gasteiger partial charge in [0.15, 0.2) is 20.5 Å². The molecule has 1 heterocycles. The maximum atomic E-state index is 12.0. The van der Waals surface area contributed by atoms with Crippen LogP contribution in [0.15, 0.2) is 24.3 Å². The van der Waals surface area contributed by atoms with Crippen molar-refractivity contribution in [2.75, 3.05) is 6.61 Å². The fourth-order valence-electron chi connectivity index (χ4n) is 3.34. The van der Waals surface area contributed by atoms with E-state index < -0.39 is 56.9 Å². The molecule has 1 aliphatic heterocycles. The number of hydrogen-bond acceptors (Lipinski definition) is 9. The summed E-state index contributed by atoms with van der Waals surface area (Å²) in [7, 11) is -2.21. The second-order valence-corrected chi connectivity index (χ2v) is 15.1. The summed E-state index contributed by atoms with van der Waals surface area (Å²) in [5, 5.41) is -0.0774. The molecule has 0 radical (unpaired) electrons. The summed E-state index contributed by atoms with van der Waals surface area (Å²) in [6.45, 7) is 16.2. The van der Waals surface area contributed by atoms with E-state index >= 15 is 0 Å². The molecule has 1 fully saturated rings. The maximum absolute atomic E-state index is 12.0. The lowest BCUT2D eigenvalue weighted by Crippen LogP contribution is -2.64. The van der Waals surface area contributed by atoms with E-state index in [9.17, 15) is 14.4 Å². The van der Waals surface area contributed by atoms with Crippen molar-refractivity contribution < 1.29 is 42.5 Å². The molecular weight excluding hydrogens is 472 g/mol. The number of ether oxygens (including phenoxy) is 5. The van der Waals surface area contributed by atoms with Crippen molar-refractivity contribution in [1.29, 1.82) is 0 Å². The first kappa shape index (κ1) is 28.8. The third-order valence-electron chi connectivity index (χ3n) is 6.19. The van der Waals surface area contributed by atoms with E-state index in [0.717, 1.165) is 5.56 Å². The molecule has 10 heteroatoms. The Hall–Kier alpha value is -2.43. The van der Waals surface area contributed by atoms with Gasteiger partial charge in [-0.3, -0.25) is 14.4 Å². The summed E-state index contributed by atoms with van der Waals surface area (Å²) < 4.78 is 35.2. The standard InChI is InChI=1S/C25H38O9Si/c1-15-10-12-19(13-11-15)33-24-23(32-18(4)28)22(31-17(3)27)21(30-16(2)26)20(34-24)14-29-35(8,9)25(5,6)7/h10-13,20-24H,14H2,1-9H3/t20-,21-,22+,23-,24-/m1/s1. The van der Waals surface area contributed by atoms with Gasteiger partial charge in [0.25, 0.3) is 0 Å². The lowest BCUT2D eigenvalue weighted by molar-refractivity contribution is -0.287. The van der Waals surface area contributed by atoms with Crippen LogP contribution in [0.25, 0.3) is 0 Å². The highest BCUT2D eigenvalue weighted by molar-refractivity contribution is 6.74. The van der Waals surface area contributed by atoms with Gasteiger partial charge in [0, 0.05) is 20.8 Å². The zero-order valence-electron chi connectivity index (χ0n) is 22.1. The average molecular weight is 511 g/mol. The summed E-state index contributed by atoms with van der Waals surface area (Å²) in [5.74, 6) is -1.41. The number of hydrogen-bond donors (Lipinski definition) is 0. The van der Waals surface area contributed by atoms with Crippen molar-refractivity contribution in [2.24, 2.45) is 0 Å². The molecule has 1 aromatic rings. The number of aryl methyl sites for hydroxylation is 1. The van der Waals surface area contributed by atoms with Crippen LogP contribution < -0.4 is 4.74 Å². The van der Waals surface area contributed by atoms with Gasteiger partial charge in [-0.15, -0.1) is 0 Å². The van der Waals surface area contributed by atoms with Crippen molar-refractivity contribution in [3.05, 3.63) is 29.8 Å². The van der Waals surface area contributed by atoms with Crippen molar-refractivity contribution >= 4 is 26.2 Å². The Morgan fingerprint density at radius 2 is 1.34 bits per heavy atom. The summed E-state index contributed by atoms with van der Waals surface area (Å²) >= 11 is 0. The van der Waals surface area contributed by atoms with Crippen LogP contribution in [-0.4, -0.2) is 63.5 Å². The smallest absolute Gasteiger partial charge is 0.303 e. The van der Waals surface area contributed by atoms with Gasteiger partial charge in [0.2, 0.25) is 12.4 Å². The van der Waals surface area contributed by atoms with Gasteiger partial charge in [-0.1, -0.05) is 38.5 Å². The summed E-state index contributed by atoms with van der Waals surface area (Å²) in [6.07, 6.45) is -5.43. The minimum atomic E-state index is -2.21. The van der Waals surface area contributed by atoms with Crippen LogP contribution >= 0.6 is 0 Å². The Kier molecular flexibility index (Phi) is 9.49. The van der Waals surface area contributed by atoms with E-state index in [0.29, 0.717) is 5.75 Å². The predicted molar refractivity (Wildman–Crippen MR) is 130 cm³/mol. The summed E-state index contributed by atoms with van der Waals surface area (Å²) in [4.78, 5) is 36.0. The molecule has 0 aromatic heterocycles. The molecule has 0 N–H and O–H groups in total. The maximum Gasteiger partial charge on any atom is 0.303 e. The summed E-state index contributed by atoms with van der Waals surface area (Å²) in [5.41, 5.74) is 1.03. The van der Waals surface area contributed by atoms with Crippen LogP contribution in [0.3, 0.4) is 0 Å². The lowest BCUT2D eigenvalue weighted by Gasteiger charge is -2.45. The van der Waals surface area contributed by atoms with Crippen LogP contribution in [0, 0.1) is 6.92 Å². The van der Waals surface area contributed by atoms with Crippen LogP contribution in [0.1, 0.15) is 47.1 Å². The molecule has 1 saturated heterocycles. The Morgan fingerprint density at radius 1 is 0.857 bits per heavy atom. The molecule has 0 bridgehead atoms. The SMILES string of the molecule is CC(=O)O[C@@H]1[C@@H](OC(C)=O)[C@H](Oc2ccc(C)cc2)O[C@H](CO[Si](C)(C)C(C)(C)C)[C@H]1OC(C)=O. The van der Waals surface area contributed by atoms with E-state index in [4.69, 9.17) is 28.1 Å². The third kappa shape index (κ3) is 8.05. The van der Waals surface area contributed by atoms with Crippen LogP contribution in [0.2, 0.25) is 18.1 Å². The Bertz CT molecular complexity index is 891. The van der Waals surface area contributed by atoms with Crippen molar-refractivity contribution in [2.45, 2.75) is 97.3 Å². The predicted octanol–water partition coefficient (Wildman–Crippen LogP) is 3.92. The van der Waals surface area contributed by atoms with E-state index in [1.54, 1.807) is 12.1 Å². The molecule has 1 aromatic carbocycles. The van der Waals surface area contributed by atoms with Gasteiger partial charge in [0.05, 0.1) is 6.61 Å². The van der Waals surface area contributed by atoms with E-state index in [-0.39, 0.29) is 11.6 Å². The van der Waals surface area contributed by atoms with Crippen molar-refractivity contribution in [3.8, 4) is 5.75 Å². The Morgan fingerprint density at radius 3 is 1.83 bits per heavy atom. The van der Waals surface area contributed by atoms with E-state index in [1.807, 2.05) is 19.1 Å². The quantitative estimate of drug-likeness (QED) is 0.292. The Labute approximate surface area is 208 Å². The highest BCUT2D eigenvalue weighted by Gasteiger charge is 2.53. The van der Waals surface area contributed by atoms with Gasteiger partial charge < -0.3 is 28.1 Å². The first-order valence-electron chi connectivity index (χ1n) is 11.6. The van der Waals surface area contributed by atoms with Gasteiger partial charge >= 0.3 is 17.9 Å². The lowest BCUT2D eigenvalue weighted by atomic mass is 9.98. The molecule has 196 valence electrons. The molecule has 5 atom stereocenters. The molecule has 0 amide bonds. The first-order valence-corrected chi connectivity index (χ1v) is 14.6. The monoisotopic (exact) mass is 510 g/mol. The number of rotatable bonds is 8. The highest BCUT2D eigenvalue weighted by Crippen LogP contribution is 2.38. The van der Waals surface area contributed by atoms with Crippen LogP contribution in [0.5, 0.6) is 5.75 Å². The number of benzene rings is 1. The zero-order chi connectivity index (χ0) is 26.6. The zero-order valence-corrected chi connectivity index (χ0v) is 23.1. The number of esters is 3. The van der Waals surface area contributed by atoms with Gasteiger partial charge in [-0.05, 0) is 37.2 Å². The molecule has 0 unspecified atom stereocenters. The summed E-state index contributed by atoms with van der Waals surface area (Å²) in [6, 6.07) is 7.23.